The third kappa shape index (κ3) is 6.19. The van der Waals surface area contributed by atoms with Crippen LogP contribution in [0.1, 0.15) is 12.8 Å². The Bertz CT molecular complexity index is 580. The molecule has 1 aromatic carbocycles. The molecule has 0 fully saturated rings. The number of rotatable bonds is 8. The lowest BCUT2D eigenvalue weighted by Gasteiger charge is -2.14. The van der Waals surface area contributed by atoms with E-state index in [2.05, 4.69) is 5.32 Å². The molecule has 0 bridgehead atoms. The fraction of sp³-hybridized carbons (Fsp3) is 0.308. The van der Waals surface area contributed by atoms with Crippen molar-refractivity contribution in [2.75, 3.05) is 6.61 Å². The second kappa shape index (κ2) is 8.45. The molecule has 4 N–H and O–H groups in total. The van der Waals surface area contributed by atoms with Crippen LogP contribution in [0, 0.1) is 0 Å². The summed E-state index contributed by atoms with van der Waals surface area (Å²) in [5, 5.41) is 11.8. The Labute approximate surface area is 136 Å². The first kappa shape index (κ1) is 18.1. The first-order chi connectivity index (χ1) is 10.3. The monoisotopic (exact) mass is 348 g/mol. The summed E-state index contributed by atoms with van der Waals surface area (Å²) in [6, 6.07) is 3.25. The second-order valence-electron chi connectivity index (χ2n) is 4.33. The minimum absolute atomic E-state index is 0.0991. The molecule has 22 heavy (non-hydrogen) atoms. The highest BCUT2D eigenvalue weighted by molar-refractivity contribution is 6.35. The predicted octanol–water partition coefficient (Wildman–Crippen LogP) is 1.21. The minimum Gasteiger partial charge on any atom is -0.482 e. The summed E-state index contributed by atoms with van der Waals surface area (Å²) in [7, 11) is 0. The number of benzene rings is 1. The van der Waals surface area contributed by atoms with Crippen molar-refractivity contribution in [1.29, 1.82) is 0 Å². The van der Waals surface area contributed by atoms with E-state index in [-0.39, 0.29) is 23.6 Å². The first-order valence-electron chi connectivity index (χ1n) is 6.18. The molecule has 120 valence electrons. The van der Waals surface area contributed by atoms with Gasteiger partial charge in [0.05, 0.1) is 5.02 Å². The van der Waals surface area contributed by atoms with Crippen LogP contribution in [0.5, 0.6) is 5.75 Å². The number of nitrogens with two attached hydrogens (primary N) is 1. The molecule has 0 aliphatic heterocycles. The number of aliphatic carboxylic acids is 1. The number of nitrogens with one attached hydrogen (secondary N) is 1. The molecule has 0 heterocycles. The molecule has 0 aromatic heterocycles. The lowest BCUT2D eigenvalue weighted by atomic mass is 10.1. The molecule has 0 aliphatic carbocycles. The highest BCUT2D eigenvalue weighted by atomic mass is 35.5. The van der Waals surface area contributed by atoms with Crippen molar-refractivity contribution < 1.29 is 24.2 Å². The summed E-state index contributed by atoms with van der Waals surface area (Å²) in [5.41, 5.74) is 4.94. The molecule has 0 saturated heterocycles. The van der Waals surface area contributed by atoms with Gasteiger partial charge in [0.25, 0.3) is 5.91 Å². The Morgan fingerprint density at radius 2 is 2.00 bits per heavy atom. The maximum absolute atomic E-state index is 11.7. The van der Waals surface area contributed by atoms with Gasteiger partial charge >= 0.3 is 5.97 Å². The number of amides is 2. The van der Waals surface area contributed by atoms with E-state index >= 15 is 0 Å². The predicted molar refractivity (Wildman–Crippen MR) is 80.0 cm³/mol. The van der Waals surface area contributed by atoms with E-state index in [0.717, 1.165) is 0 Å². The van der Waals surface area contributed by atoms with Crippen LogP contribution in [0.25, 0.3) is 0 Å². The third-order valence-electron chi connectivity index (χ3n) is 2.57. The Hall–Kier alpha value is -1.99. The Morgan fingerprint density at radius 3 is 2.55 bits per heavy atom. The molecule has 9 heteroatoms. The normalized spacial score (nSPS) is 11.5. The SMILES string of the molecule is NC(=O)CCC(NC(=O)COc1ccc(Cl)cc1Cl)C(=O)O. The van der Waals surface area contributed by atoms with Crippen LogP contribution in [-0.2, 0) is 14.4 Å². The number of ether oxygens (including phenoxy) is 1. The fourth-order valence-electron chi connectivity index (χ4n) is 1.52. The van der Waals surface area contributed by atoms with Crippen LogP contribution in [-0.4, -0.2) is 35.5 Å². The van der Waals surface area contributed by atoms with E-state index in [1.807, 2.05) is 0 Å². The van der Waals surface area contributed by atoms with Crippen molar-refractivity contribution in [1.82, 2.24) is 5.32 Å². The number of hydrogen-bond donors (Lipinski definition) is 3. The molecule has 0 spiro atoms. The zero-order chi connectivity index (χ0) is 16.7. The molecular weight excluding hydrogens is 335 g/mol. The maximum atomic E-state index is 11.7. The molecule has 0 radical (unpaired) electrons. The third-order valence-corrected chi connectivity index (χ3v) is 3.10. The van der Waals surface area contributed by atoms with Gasteiger partial charge < -0.3 is 20.9 Å². The molecule has 1 atom stereocenters. The summed E-state index contributed by atoms with van der Waals surface area (Å²) in [6.45, 7) is -0.429. The molecule has 1 rings (SSSR count). The quantitative estimate of drug-likeness (QED) is 0.652. The van der Waals surface area contributed by atoms with Crippen LogP contribution >= 0.6 is 23.2 Å². The topological polar surface area (TPSA) is 119 Å². The van der Waals surface area contributed by atoms with Gasteiger partial charge in [-0.1, -0.05) is 23.2 Å². The van der Waals surface area contributed by atoms with Crippen LogP contribution in [0.2, 0.25) is 10.0 Å². The van der Waals surface area contributed by atoms with Gasteiger partial charge in [-0.3, -0.25) is 9.59 Å². The number of halogens is 2. The summed E-state index contributed by atoms with van der Waals surface area (Å²) < 4.78 is 5.17. The van der Waals surface area contributed by atoms with E-state index in [4.69, 9.17) is 38.8 Å². The summed E-state index contributed by atoms with van der Waals surface area (Å²) in [6.07, 6.45) is -0.251. The van der Waals surface area contributed by atoms with E-state index < -0.39 is 30.4 Å². The molecular formula is C13H14Cl2N2O5. The maximum Gasteiger partial charge on any atom is 0.326 e. The molecule has 7 nitrogen and oxygen atoms in total. The zero-order valence-electron chi connectivity index (χ0n) is 11.3. The lowest BCUT2D eigenvalue weighted by molar-refractivity contribution is -0.142. The van der Waals surface area contributed by atoms with Crippen molar-refractivity contribution in [3.8, 4) is 5.75 Å². The van der Waals surface area contributed by atoms with Gasteiger partial charge in [0.1, 0.15) is 11.8 Å². The average Bonchev–Trinajstić information content (AvgIpc) is 2.41. The minimum atomic E-state index is -1.26. The summed E-state index contributed by atoms with van der Waals surface area (Å²) in [4.78, 5) is 33.3. The van der Waals surface area contributed by atoms with Gasteiger partial charge in [-0.2, -0.15) is 0 Å². The first-order valence-corrected chi connectivity index (χ1v) is 6.93. The van der Waals surface area contributed by atoms with E-state index in [9.17, 15) is 14.4 Å². The van der Waals surface area contributed by atoms with Crippen molar-refractivity contribution in [3.63, 3.8) is 0 Å². The van der Waals surface area contributed by atoms with E-state index in [1.165, 1.54) is 18.2 Å². The van der Waals surface area contributed by atoms with Crippen molar-refractivity contribution >= 4 is 41.0 Å². The highest BCUT2D eigenvalue weighted by Gasteiger charge is 2.20. The Kier molecular flexibility index (Phi) is 6.94. The molecule has 2 amide bonds. The number of hydrogen-bond acceptors (Lipinski definition) is 4. The van der Waals surface area contributed by atoms with Gasteiger partial charge in [0.15, 0.2) is 6.61 Å². The molecule has 1 aromatic rings. The van der Waals surface area contributed by atoms with Crippen molar-refractivity contribution in [2.45, 2.75) is 18.9 Å². The number of carboxylic acids is 1. The van der Waals surface area contributed by atoms with Gasteiger partial charge in [0, 0.05) is 11.4 Å². The van der Waals surface area contributed by atoms with Gasteiger partial charge in [-0.05, 0) is 24.6 Å². The van der Waals surface area contributed by atoms with Gasteiger partial charge in [-0.25, -0.2) is 4.79 Å². The highest BCUT2D eigenvalue weighted by Crippen LogP contribution is 2.27. The average molecular weight is 349 g/mol. The number of carboxylic acid groups (broad SMARTS) is 1. The van der Waals surface area contributed by atoms with Gasteiger partial charge in [-0.15, -0.1) is 0 Å². The standard InChI is InChI=1S/C13H14Cl2N2O5/c14-7-1-3-10(8(15)5-7)22-6-12(19)17-9(13(20)21)2-4-11(16)18/h1,3,5,9H,2,4,6H2,(H2,16,18)(H,17,19)(H,20,21). The fourth-order valence-corrected chi connectivity index (χ4v) is 1.98. The number of carbonyl (C=O) groups excluding carboxylic acids is 2. The van der Waals surface area contributed by atoms with Crippen LogP contribution in [0.4, 0.5) is 0 Å². The van der Waals surface area contributed by atoms with Crippen LogP contribution in [0.3, 0.4) is 0 Å². The number of carbonyl (C=O) groups is 3. The summed E-state index contributed by atoms with van der Waals surface area (Å²) in [5.74, 6) is -2.34. The summed E-state index contributed by atoms with van der Waals surface area (Å²) >= 11 is 11.6. The lowest BCUT2D eigenvalue weighted by Crippen LogP contribution is -2.43. The molecule has 1 unspecified atom stereocenters. The smallest absolute Gasteiger partial charge is 0.326 e. The Balaban J connectivity index is 2.53. The van der Waals surface area contributed by atoms with E-state index in [0.29, 0.717) is 5.02 Å². The Morgan fingerprint density at radius 1 is 1.32 bits per heavy atom. The second-order valence-corrected chi connectivity index (χ2v) is 5.17. The van der Waals surface area contributed by atoms with Crippen molar-refractivity contribution in [2.24, 2.45) is 5.73 Å². The zero-order valence-corrected chi connectivity index (χ0v) is 12.9. The van der Waals surface area contributed by atoms with E-state index in [1.54, 1.807) is 0 Å². The molecule has 0 aliphatic rings. The van der Waals surface area contributed by atoms with Crippen molar-refractivity contribution in [3.05, 3.63) is 28.2 Å². The van der Waals surface area contributed by atoms with Crippen LogP contribution < -0.4 is 15.8 Å². The van der Waals surface area contributed by atoms with Gasteiger partial charge in [0.2, 0.25) is 5.91 Å². The largest absolute Gasteiger partial charge is 0.482 e. The number of primary amides is 1. The molecule has 0 saturated carbocycles. The van der Waals surface area contributed by atoms with Crippen LogP contribution in [0.15, 0.2) is 18.2 Å².